The number of nitrogens with zero attached hydrogens (tertiary/aromatic N) is 4. The van der Waals surface area contributed by atoms with Crippen LogP contribution in [-0.4, -0.2) is 19.3 Å². The number of nitrogen functional groups attached to an aromatic ring is 1. The van der Waals surface area contributed by atoms with Crippen LogP contribution in [0.4, 0.5) is 5.95 Å². The van der Waals surface area contributed by atoms with Crippen molar-refractivity contribution in [3.63, 3.8) is 0 Å². The number of rotatable bonds is 3. The highest BCUT2D eigenvalue weighted by Crippen LogP contribution is 2.22. The molecule has 0 fully saturated rings. The highest BCUT2D eigenvalue weighted by atomic mass is 35.5. The van der Waals surface area contributed by atoms with Crippen molar-refractivity contribution in [3.8, 4) is 0 Å². The van der Waals surface area contributed by atoms with E-state index < -0.39 is 0 Å². The van der Waals surface area contributed by atoms with E-state index >= 15 is 0 Å². The maximum atomic E-state index is 5.97. The minimum atomic E-state index is 0.513. The summed E-state index contributed by atoms with van der Waals surface area (Å²) in [5.74, 6) is 0.513. The number of halogens is 1. The second-order valence-electron chi connectivity index (χ2n) is 4.45. The fraction of sp³-hybridized carbons (Fsp3) is 0.231. The van der Waals surface area contributed by atoms with Gasteiger partial charge in [-0.05, 0) is 24.3 Å². The molecule has 0 spiro atoms. The summed E-state index contributed by atoms with van der Waals surface area (Å²) in [6.07, 6.45) is 2.65. The maximum Gasteiger partial charge on any atom is 0.201 e. The summed E-state index contributed by atoms with van der Waals surface area (Å²) >= 11 is 5.96. The van der Waals surface area contributed by atoms with E-state index in [4.69, 9.17) is 17.3 Å². The predicted molar refractivity (Wildman–Crippen MR) is 76.1 cm³/mol. The molecule has 19 heavy (non-hydrogen) atoms. The second-order valence-corrected chi connectivity index (χ2v) is 4.89. The molecule has 3 rings (SSSR count). The summed E-state index contributed by atoms with van der Waals surface area (Å²) in [6, 6.07) is 7.63. The maximum absolute atomic E-state index is 5.97. The zero-order chi connectivity index (χ0) is 13.4. The molecule has 0 aliphatic carbocycles. The molecule has 0 radical (unpaired) electrons. The van der Waals surface area contributed by atoms with Crippen molar-refractivity contribution in [1.82, 2.24) is 19.3 Å². The van der Waals surface area contributed by atoms with Gasteiger partial charge in [0.1, 0.15) is 0 Å². The van der Waals surface area contributed by atoms with Gasteiger partial charge in [0.2, 0.25) is 5.95 Å². The van der Waals surface area contributed by atoms with Crippen molar-refractivity contribution in [2.24, 2.45) is 7.05 Å². The van der Waals surface area contributed by atoms with Gasteiger partial charge in [0, 0.05) is 36.9 Å². The van der Waals surface area contributed by atoms with Crippen molar-refractivity contribution in [2.45, 2.75) is 13.0 Å². The van der Waals surface area contributed by atoms with Crippen molar-refractivity contribution < 1.29 is 0 Å². The average Bonchev–Trinajstić information content (AvgIpc) is 2.90. The van der Waals surface area contributed by atoms with Crippen molar-refractivity contribution in [1.29, 1.82) is 0 Å². The molecule has 0 aliphatic rings. The lowest BCUT2D eigenvalue weighted by Crippen LogP contribution is -2.08. The Labute approximate surface area is 115 Å². The molecule has 98 valence electrons. The normalized spacial score (nSPS) is 11.3. The number of imidazole rings is 1. The first-order valence-corrected chi connectivity index (χ1v) is 6.41. The zero-order valence-corrected chi connectivity index (χ0v) is 11.3. The Morgan fingerprint density at radius 2 is 2.16 bits per heavy atom. The lowest BCUT2D eigenvalue weighted by atomic mass is 10.3. The van der Waals surface area contributed by atoms with E-state index in [1.54, 1.807) is 6.20 Å². The van der Waals surface area contributed by atoms with E-state index in [1.807, 2.05) is 40.6 Å². The Balaban J connectivity index is 1.92. The van der Waals surface area contributed by atoms with Crippen LogP contribution < -0.4 is 5.73 Å². The predicted octanol–water partition coefficient (Wildman–Crippen LogP) is 2.25. The van der Waals surface area contributed by atoms with Gasteiger partial charge in [-0.1, -0.05) is 11.6 Å². The Morgan fingerprint density at radius 1 is 1.32 bits per heavy atom. The lowest BCUT2D eigenvalue weighted by molar-refractivity contribution is 0.651. The van der Waals surface area contributed by atoms with E-state index in [1.165, 1.54) is 0 Å². The Bertz CT molecular complexity index is 728. The number of hydrogen-bond acceptors (Lipinski definition) is 3. The summed E-state index contributed by atoms with van der Waals surface area (Å²) < 4.78 is 3.87. The van der Waals surface area contributed by atoms with E-state index in [2.05, 4.69) is 10.1 Å². The van der Waals surface area contributed by atoms with Gasteiger partial charge in [-0.2, -0.15) is 5.10 Å². The average molecular weight is 276 g/mol. The summed E-state index contributed by atoms with van der Waals surface area (Å²) in [6.45, 7) is 0.767. The fourth-order valence-electron chi connectivity index (χ4n) is 2.23. The van der Waals surface area contributed by atoms with E-state index in [0.717, 1.165) is 29.7 Å². The van der Waals surface area contributed by atoms with Crippen LogP contribution in [0.25, 0.3) is 11.0 Å². The van der Waals surface area contributed by atoms with Gasteiger partial charge in [0.25, 0.3) is 0 Å². The van der Waals surface area contributed by atoms with E-state index in [0.29, 0.717) is 11.0 Å². The largest absolute Gasteiger partial charge is 0.369 e. The standard InChI is InChI=1S/C13H14ClN5/c1-18-10(4-6-16-18)5-7-19-12-3-2-9(14)8-11(12)17-13(19)15/h2-4,6,8H,5,7H2,1H3,(H2,15,17). The number of aryl methyl sites for hydroxylation is 3. The van der Waals surface area contributed by atoms with Gasteiger partial charge in [-0.15, -0.1) is 0 Å². The summed E-state index contributed by atoms with van der Waals surface area (Å²) in [5.41, 5.74) is 8.96. The van der Waals surface area contributed by atoms with Gasteiger partial charge >= 0.3 is 0 Å². The molecular formula is C13H14ClN5. The smallest absolute Gasteiger partial charge is 0.201 e. The van der Waals surface area contributed by atoms with Gasteiger partial charge in [0.05, 0.1) is 11.0 Å². The molecule has 0 amide bonds. The van der Waals surface area contributed by atoms with Crippen LogP contribution in [0.3, 0.4) is 0 Å². The molecule has 0 bridgehead atoms. The van der Waals surface area contributed by atoms with Gasteiger partial charge < -0.3 is 10.3 Å². The van der Waals surface area contributed by atoms with Crippen molar-refractivity contribution in [3.05, 3.63) is 41.2 Å². The van der Waals surface area contributed by atoms with E-state index in [-0.39, 0.29) is 0 Å². The van der Waals surface area contributed by atoms with Crippen LogP contribution in [-0.2, 0) is 20.0 Å². The zero-order valence-electron chi connectivity index (χ0n) is 10.5. The molecule has 6 heteroatoms. The van der Waals surface area contributed by atoms with Crippen LogP contribution >= 0.6 is 11.6 Å². The quantitative estimate of drug-likeness (QED) is 0.797. The van der Waals surface area contributed by atoms with Crippen LogP contribution in [0.5, 0.6) is 0 Å². The highest BCUT2D eigenvalue weighted by molar-refractivity contribution is 6.31. The molecule has 2 heterocycles. The number of benzene rings is 1. The number of aromatic nitrogens is 4. The Morgan fingerprint density at radius 3 is 2.89 bits per heavy atom. The molecule has 2 N–H and O–H groups in total. The number of nitrogens with two attached hydrogens (primary N) is 1. The summed E-state index contributed by atoms with van der Waals surface area (Å²) in [5, 5.41) is 4.83. The molecule has 5 nitrogen and oxygen atoms in total. The van der Waals surface area contributed by atoms with Gasteiger partial charge in [-0.25, -0.2) is 4.98 Å². The first kappa shape index (κ1) is 12.0. The third-order valence-corrected chi connectivity index (χ3v) is 3.49. The molecule has 0 unspecified atom stereocenters. The van der Waals surface area contributed by atoms with Gasteiger partial charge in [0.15, 0.2) is 0 Å². The minimum absolute atomic E-state index is 0.513. The molecule has 2 aromatic heterocycles. The molecule has 0 aliphatic heterocycles. The SMILES string of the molecule is Cn1nccc1CCn1c(N)nc2cc(Cl)ccc21. The Kier molecular flexibility index (Phi) is 2.91. The third kappa shape index (κ3) is 2.17. The molecular weight excluding hydrogens is 262 g/mol. The molecule has 1 aromatic carbocycles. The second kappa shape index (κ2) is 4.59. The minimum Gasteiger partial charge on any atom is -0.369 e. The van der Waals surface area contributed by atoms with Crippen molar-refractivity contribution >= 4 is 28.6 Å². The molecule has 0 saturated carbocycles. The number of anilines is 1. The number of fused-ring (bicyclic) bond motifs is 1. The first-order chi connectivity index (χ1) is 9.15. The Hall–Kier alpha value is -2.01. The van der Waals surface area contributed by atoms with Crippen LogP contribution in [0.2, 0.25) is 5.02 Å². The van der Waals surface area contributed by atoms with E-state index in [9.17, 15) is 0 Å². The topological polar surface area (TPSA) is 61.7 Å². The van der Waals surface area contributed by atoms with Crippen molar-refractivity contribution in [2.75, 3.05) is 5.73 Å². The number of hydrogen-bond donors (Lipinski definition) is 1. The summed E-state index contributed by atoms with van der Waals surface area (Å²) in [4.78, 5) is 4.33. The third-order valence-electron chi connectivity index (χ3n) is 3.25. The molecule has 3 aromatic rings. The highest BCUT2D eigenvalue weighted by Gasteiger charge is 2.09. The lowest BCUT2D eigenvalue weighted by Gasteiger charge is -2.06. The van der Waals surface area contributed by atoms with Crippen LogP contribution in [0, 0.1) is 0 Å². The fourth-order valence-corrected chi connectivity index (χ4v) is 2.40. The first-order valence-electron chi connectivity index (χ1n) is 6.03. The van der Waals surface area contributed by atoms with Crippen LogP contribution in [0.15, 0.2) is 30.5 Å². The molecule has 0 saturated heterocycles. The molecule has 0 atom stereocenters. The van der Waals surface area contributed by atoms with Gasteiger partial charge in [-0.3, -0.25) is 4.68 Å². The monoisotopic (exact) mass is 275 g/mol. The van der Waals surface area contributed by atoms with Crippen LogP contribution in [0.1, 0.15) is 5.69 Å². The summed E-state index contributed by atoms with van der Waals surface area (Å²) in [7, 11) is 1.94.